The van der Waals surface area contributed by atoms with Crippen LogP contribution in [0.4, 0.5) is 0 Å². The van der Waals surface area contributed by atoms with Crippen LogP contribution in [0.1, 0.15) is 11.3 Å². The molecule has 0 bridgehead atoms. The number of hydrogen-bond donors (Lipinski definition) is 1. The van der Waals surface area contributed by atoms with E-state index in [1.165, 1.54) is 11.3 Å². The first-order valence-corrected chi connectivity index (χ1v) is 3.55. The highest BCUT2D eigenvalue weighted by molar-refractivity contribution is 5.18. The maximum absolute atomic E-state index is 5.00. The number of H-pyrrole nitrogens is 1. The van der Waals surface area contributed by atoms with Gasteiger partial charge in [-0.05, 0) is 0 Å². The van der Waals surface area contributed by atoms with Gasteiger partial charge in [0.2, 0.25) is 0 Å². The van der Waals surface area contributed by atoms with Gasteiger partial charge in [-0.15, -0.1) is 0 Å². The van der Waals surface area contributed by atoms with Gasteiger partial charge in [-0.25, -0.2) is 0 Å². The van der Waals surface area contributed by atoms with E-state index in [4.69, 9.17) is 4.74 Å². The molecule has 1 aromatic heterocycles. The van der Waals surface area contributed by atoms with E-state index in [0.29, 0.717) is 6.73 Å². The molecule has 0 saturated carbocycles. The summed E-state index contributed by atoms with van der Waals surface area (Å²) in [6.07, 6.45) is 2.90. The third kappa shape index (κ3) is 1.15. The predicted octanol–water partition coefficient (Wildman–Crippen LogP) is 0.129. The largest absolute Gasteiger partial charge is 0.369 e. The molecule has 1 radical (unpaired) electrons. The number of nitrogens with zero attached hydrogens (tertiary/aromatic N) is 2. The monoisotopic (exact) mass is 152 g/mol. The third-order valence-electron chi connectivity index (χ3n) is 1.82. The van der Waals surface area contributed by atoms with Gasteiger partial charge < -0.3 is 4.74 Å². The van der Waals surface area contributed by atoms with Crippen molar-refractivity contribution in [1.29, 1.82) is 0 Å². The van der Waals surface area contributed by atoms with Crippen LogP contribution in [0.2, 0.25) is 0 Å². The average Bonchev–Trinajstić information content (AvgIpc) is 2.46. The van der Waals surface area contributed by atoms with E-state index >= 15 is 0 Å². The van der Waals surface area contributed by atoms with Crippen molar-refractivity contribution in [3.63, 3.8) is 0 Å². The standard InChI is InChI=1S/C7H10N3O/c1-11-5-10-3-6-2-8-9-7(6)4-10/h3-5H2,1H3,(H,8,9). The molecule has 1 aliphatic rings. The van der Waals surface area contributed by atoms with Gasteiger partial charge in [-0.1, -0.05) is 0 Å². The summed E-state index contributed by atoms with van der Waals surface area (Å²) in [6, 6.07) is 0. The molecule has 0 aliphatic carbocycles. The Hall–Kier alpha value is -0.870. The molecule has 0 spiro atoms. The number of rotatable bonds is 2. The smallest absolute Gasteiger partial charge is 0.117 e. The van der Waals surface area contributed by atoms with Crippen LogP contribution in [0.15, 0.2) is 0 Å². The zero-order chi connectivity index (χ0) is 7.68. The van der Waals surface area contributed by atoms with Crippen LogP contribution in [0, 0.1) is 6.20 Å². The van der Waals surface area contributed by atoms with Gasteiger partial charge in [0.05, 0.1) is 12.4 Å². The molecule has 1 aliphatic heterocycles. The predicted molar refractivity (Wildman–Crippen MR) is 38.5 cm³/mol. The van der Waals surface area contributed by atoms with Gasteiger partial charge in [0.15, 0.2) is 0 Å². The van der Waals surface area contributed by atoms with Crippen LogP contribution in [0.5, 0.6) is 0 Å². The molecule has 2 rings (SSSR count). The maximum atomic E-state index is 5.00. The Morgan fingerprint density at radius 3 is 3.36 bits per heavy atom. The molecule has 4 heteroatoms. The number of aromatic nitrogens is 2. The summed E-state index contributed by atoms with van der Waals surface area (Å²) in [5.74, 6) is 0. The van der Waals surface area contributed by atoms with E-state index in [1.807, 2.05) is 0 Å². The quantitative estimate of drug-likeness (QED) is 0.654. The maximum Gasteiger partial charge on any atom is 0.117 e. The summed E-state index contributed by atoms with van der Waals surface area (Å²) in [6.45, 7) is 2.48. The van der Waals surface area contributed by atoms with Crippen LogP contribution >= 0.6 is 0 Å². The SMILES string of the molecule is COCN1Cc2[c]n[nH]c2C1. The van der Waals surface area contributed by atoms with Gasteiger partial charge in [-0.3, -0.25) is 10.00 Å². The lowest BCUT2D eigenvalue weighted by molar-refractivity contribution is 0.0605. The van der Waals surface area contributed by atoms with E-state index in [1.54, 1.807) is 7.11 Å². The van der Waals surface area contributed by atoms with E-state index in [9.17, 15) is 0 Å². The number of fused-ring (bicyclic) bond motifs is 1. The molecule has 4 nitrogen and oxygen atoms in total. The highest BCUT2D eigenvalue weighted by Gasteiger charge is 2.19. The summed E-state index contributed by atoms with van der Waals surface area (Å²) in [5.41, 5.74) is 2.34. The zero-order valence-electron chi connectivity index (χ0n) is 6.42. The molecule has 2 heterocycles. The topological polar surface area (TPSA) is 41.1 Å². The Morgan fingerprint density at radius 2 is 2.64 bits per heavy atom. The number of nitrogens with one attached hydrogen (secondary N) is 1. The van der Waals surface area contributed by atoms with Crippen LogP contribution in [-0.4, -0.2) is 28.9 Å². The van der Waals surface area contributed by atoms with Crippen molar-refractivity contribution in [2.75, 3.05) is 13.8 Å². The van der Waals surface area contributed by atoms with Crippen molar-refractivity contribution >= 4 is 0 Å². The Kier molecular flexibility index (Phi) is 1.63. The minimum absolute atomic E-state index is 0.677. The van der Waals surface area contributed by atoms with Gasteiger partial charge in [-0.2, -0.15) is 5.10 Å². The second-order valence-corrected chi connectivity index (χ2v) is 2.70. The summed E-state index contributed by atoms with van der Waals surface area (Å²) >= 11 is 0. The molecule has 0 fully saturated rings. The number of aromatic amines is 1. The van der Waals surface area contributed by atoms with Crippen LogP contribution < -0.4 is 0 Å². The van der Waals surface area contributed by atoms with Gasteiger partial charge in [0, 0.05) is 25.8 Å². The average molecular weight is 152 g/mol. The second-order valence-electron chi connectivity index (χ2n) is 2.70. The van der Waals surface area contributed by atoms with Crippen LogP contribution in [-0.2, 0) is 17.8 Å². The Labute approximate surface area is 65.2 Å². The molecular weight excluding hydrogens is 142 g/mol. The molecule has 1 N–H and O–H groups in total. The van der Waals surface area contributed by atoms with E-state index < -0.39 is 0 Å². The van der Waals surface area contributed by atoms with Crippen molar-refractivity contribution in [2.24, 2.45) is 0 Å². The van der Waals surface area contributed by atoms with Crippen LogP contribution in [0.3, 0.4) is 0 Å². The minimum Gasteiger partial charge on any atom is -0.369 e. The van der Waals surface area contributed by atoms with E-state index in [-0.39, 0.29) is 0 Å². The fourth-order valence-electron chi connectivity index (χ4n) is 1.34. The Morgan fingerprint density at radius 1 is 1.73 bits per heavy atom. The lowest BCUT2D eigenvalue weighted by Crippen LogP contribution is -2.19. The molecule has 0 unspecified atom stereocenters. The number of methoxy groups -OCH3 is 1. The summed E-state index contributed by atoms with van der Waals surface area (Å²) in [4.78, 5) is 2.18. The molecule has 0 atom stereocenters. The van der Waals surface area contributed by atoms with E-state index in [0.717, 1.165) is 13.1 Å². The highest BCUT2D eigenvalue weighted by atomic mass is 16.5. The molecule has 59 valence electrons. The Bertz CT molecular complexity index is 225. The summed E-state index contributed by atoms with van der Waals surface area (Å²) < 4.78 is 5.00. The van der Waals surface area contributed by atoms with Crippen molar-refractivity contribution in [3.8, 4) is 0 Å². The highest BCUT2D eigenvalue weighted by Crippen LogP contribution is 2.18. The number of hydrogen-bond acceptors (Lipinski definition) is 3. The molecule has 0 saturated heterocycles. The fraction of sp³-hybridized carbons (Fsp3) is 0.571. The summed E-state index contributed by atoms with van der Waals surface area (Å²) in [7, 11) is 1.70. The first-order chi connectivity index (χ1) is 5.40. The molecular formula is C7H10N3O. The first-order valence-electron chi connectivity index (χ1n) is 3.55. The number of ether oxygens (including phenoxy) is 1. The van der Waals surface area contributed by atoms with Gasteiger partial charge in [0.25, 0.3) is 0 Å². The lowest BCUT2D eigenvalue weighted by Gasteiger charge is -2.11. The molecule has 0 amide bonds. The van der Waals surface area contributed by atoms with E-state index in [2.05, 4.69) is 21.3 Å². The third-order valence-corrected chi connectivity index (χ3v) is 1.82. The molecule has 1 aromatic rings. The summed E-state index contributed by atoms with van der Waals surface area (Å²) in [5, 5.41) is 6.72. The first kappa shape index (κ1) is 6.82. The normalized spacial score (nSPS) is 17.2. The van der Waals surface area contributed by atoms with Gasteiger partial charge in [0.1, 0.15) is 6.20 Å². The molecule has 0 aromatic carbocycles. The lowest BCUT2D eigenvalue weighted by atomic mass is 10.3. The van der Waals surface area contributed by atoms with Crippen LogP contribution in [0.25, 0.3) is 0 Å². The second kappa shape index (κ2) is 2.64. The van der Waals surface area contributed by atoms with Crippen molar-refractivity contribution in [1.82, 2.24) is 15.1 Å². The van der Waals surface area contributed by atoms with Crippen molar-refractivity contribution < 1.29 is 4.74 Å². The Balaban J connectivity index is 2.04. The minimum atomic E-state index is 0.677. The van der Waals surface area contributed by atoms with Crippen molar-refractivity contribution in [2.45, 2.75) is 13.1 Å². The fourth-order valence-corrected chi connectivity index (χ4v) is 1.34. The van der Waals surface area contributed by atoms with Crippen molar-refractivity contribution in [3.05, 3.63) is 17.5 Å². The zero-order valence-corrected chi connectivity index (χ0v) is 6.42. The van der Waals surface area contributed by atoms with Gasteiger partial charge >= 0.3 is 0 Å². The molecule has 11 heavy (non-hydrogen) atoms.